The highest BCUT2D eigenvalue weighted by molar-refractivity contribution is 6.03. The number of hydrogen-bond acceptors (Lipinski definition) is 4. The van der Waals surface area contributed by atoms with Crippen LogP contribution in [0.3, 0.4) is 0 Å². The SMILES string of the molecule is CC(=O)NC(O)(C(=O)O)C(=O)O. The number of rotatable bonds is 3. The van der Waals surface area contributed by atoms with Crippen LogP contribution in [0, 0.1) is 0 Å². The van der Waals surface area contributed by atoms with Crippen molar-refractivity contribution in [1.82, 2.24) is 5.32 Å². The topological polar surface area (TPSA) is 124 Å². The summed E-state index contributed by atoms with van der Waals surface area (Å²) in [5.74, 6) is -5.06. The summed E-state index contributed by atoms with van der Waals surface area (Å²) in [6.45, 7) is 0.886. The molecule has 0 fully saturated rings. The molecule has 0 aromatic rings. The number of aliphatic carboxylic acids is 2. The minimum Gasteiger partial charge on any atom is -0.477 e. The lowest BCUT2D eigenvalue weighted by atomic mass is 10.2. The first-order valence-electron chi connectivity index (χ1n) is 2.78. The Labute approximate surface area is 66.6 Å². The summed E-state index contributed by atoms with van der Waals surface area (Å²) in [6, 6.07) is 0. The number of amides is 1. The highest BCUT2D eigenvalue weighted by Gasteiger charge is 2.45. The second-order valence-corrected chi connectivity index (χ2v) is 2.00. The molecule has 7 nitrogen and oxygen atoms in total. The summed E-state index contributed by atoms with van der Waals surface area (Å²) >= 11 is 0. The lowest BCUT2D eigenvalue weighted by Gasteiger charge is -2.17. The highest BCUT2D eigenvalue weighted by Crippen LogP contribution is 1.99. The molecule has 0 aliphatic carbocycles. The van der Waals surface area contributed by atoms with Gasteiger partial charge in [0.05, 0.1) is 0 Å². The van der Waals surface area contributed by atoms with Gasteiger partial charge in [0.25, 0.3) is 0 Å². The van der Waals surface area contributed by atoms with Gasteiger partial charge in [-0.25, -0.2) is 9.59 Å². The van der Waals surface area contributed by atoms with Crippen molar-refractivity contribution in [2.24, 2.45) is 0 Å². The fourth-order valence-electron chi connectivity index (χ4n) is 0.453. The smallest absolute Gasteiger partial charge is 0.369 e. The van der Waals surface area contributed by atoms with Crippen LogP contribution in [0.5, 0.6) is 0 Å². The highest BCUT2D eigenvalue weighted by atomic mass is 16.5. The predicted octanol–water partition coefficient (Wildman–Crippen LogP) is -2.02. The number of aliphatic hydroxyl groups is 1. The normalized spacial score (nSPS) is 10.5. The molecule has 0 spiro atoms. The molecule has 0 atom stereocenters. The molecular weight excluding hydrogens is 170 g/mol. The average Bonchev–Trinajstić information content (AvgIpc) is 1.84. The Balaban J connectivity index is 4.75. The lowest BCUT2D eigenvalue weighted by molar-refractivity contribution is -0.181. The minimum absolute atomic E-state index is 0.886. The van der Waals surface area contributed by atoms with Crippen LogP contribution in [0.4, 0.5) is 0 Å². The number of carbonyl (C=O) groups excluding carboxylic acids is 1. The first kappa shape index (κ1) is 10.4. The molecule has 0 saturated carbocycles. The standard InChI is InChI=1S/C5H7NO6/c1-2(7)6-5(12,3(8)9)4(10)11/h12H,1H3,(H,6,7)(H,8,9)(H,10,11). The van der Waals surface area contributed by atoms with Gasteiger partial charge in [-0.1, -0.05) is 0 Å². The monoisotopic (exact) mass is 177 g/mol. The molecule has 0 bridgehead atoms. The molecule has 7 heteroatoms. The van der Waals surface area contributed by atoms with E-state index in [9.17, 15) is 14.4 Å². The summed E-state index contributed by atoms with van der Waals surface area (Å²) in [7, 11) is 0. The number of carbonyl (C=O) groups is 3. The van der Waals surface area contributed by atoms with Crippen molar-refractivity contribution in [2.75, 3.05) is 0 Å². The number of hydrogen-bond donors (Lipinski definition) is 4. The van der Waals surface area contributed by atoms with Crippen LogP contribution in [0.15, 0.2) is 0 Å². The molecule has 12 heavy (non-hydrogen) atoms. The van der Waals surface area contributed by atoms with E-state index < -0.39 is 23.6 Å². The molecule has 1 amide bonds. The summed E-state index contributed by atoms with van der Waals surface area (Å²) < 4.78 is 0. The largest absolute Gasteiger partial charge is 0.477 e. The van der Waals surface area contributed by atoms with E-state index in [1.807, 2.05) is 0 Å². The summed E-state index contributed by atoms with van der Waals surface area (Å²) in [5, 5.41) is 26.6. The number of nitrogens with one attached hydrogen (secondary N) is 1. The lowest BCUT2D eigenvalue weighted by Crippen LogP contribution is -2.59. The fraction of sp³-hybridized carbons (Fsp3) is 0.400. The van der Waals surface area contributed by atoms with Gasteiger partial charge in [-0.2, -0.15) is 0 Å². The van der Waals surface area contributed by atoms with Crippen molar-refractivity contribution < 1.29 is 29.7 Å². The predicted molar refractivity (Wildman–Crippen MR) is 34.0 cm³/mol. The minimum atomic E-state index is -3.24. The van der Waals surface area contributed by atoms with Gasteiger partial charge >= 0.3 is 17.7 Å². The second-order valence-electron chi connectivity index (χ2n) is 2.00. The fourth-order valence-corrected chi connectivity index (χ4v) is 0.453. The van der Waals surface area contributed by atoms with E-state index in [0.29, 0.717) is 0 Å². The van der Waals surface area contributed by atoms with Gasteiger partial charge < -0.3 is 20.6 Å². The molecule has 0 heterocycles. The molecule has 0 saturated heterocycles. The maximum Gasteiger partial charge on any atom is 0.369 e. The summed E-state index contributed by atoms with van der Waals surface area (Å²) in [5.41, 5.74) is -3.24. The number of carboxylic acids is 2. The van der Waals surface area contributed by atoms with E-state index in [4.69, 9.17) is 15.3 Å². The Morgan fingerprint density at radius 1 is 1.17 bits per heavy atom. The van der Waals surface area contributed by atoms with E-state index in [1.54, 1.807) is 0 Å². The van der Waals surface area contributed by atoms with Crippen molar-refractivity contribution in [3.05, 3.63) is 0 Å². The quantitative estimate of drug-likeness (QED) is 0.291. The van der Waals surface area contributed by atoms with Crippen LogP contribution >= 0.6 is 0 Å². The van der Waals surface area contributed by atoms with Gasteiger partial charge in [0, 0.05) is 6.92 Å². The maximum atomic E-state index is 10.3. The Morgan fingerprint density at radius 3 is 1.58 bits per heavy atom. The van der Waals surface area contributed by atoms with Gasteiger partial charge in [-0.3, -0.25) is 4.79 Å². The van der Waals surface area contributed by atoms with Crippen molar-refractivity contribution in [3.63, 3.8) is 0 Å². The Hall–Kier alpha value is -1.63. The third-order valence-electron chi connectivity index (χ3n) is 0.976. The first-order valence-corrected chi connectivity index (χ1v) is 2.78. The molecule has 0 rings (SSSR count). The van der Waals surface area contributed by atoms with Gasteiger partial charge in [0.1, 0.15) is 0 Å². The van der Waals surface area contributed by atoms with Crippen molar-refractivity contribution >= 4 is 17.8 Å². The van der Waals surface area contributed by atoms with E-state index >= 15 is 0 Å². The zero-order valence-electron chi connectivity index (χ0n) is 6.07. The molecule has 68 valence electrons. The third-order valence-corrected chi connectivity index (χ3v) is 0.976. The van der Waals surface area contributed by atoms with E-state index in [1.165, 1.54) is 5.32 Å². The molecular formula is C5H7NO6. The molecule has 0 aliphatic rings. The molecule has 0 aromatic carbocycles. The zero-order chi connectivity index (χ0) is 9.94. The van der Waals surface area contributed by atoms with Crippen LogP contribution in [0.25, 0.3) is 0 Å². The van der Waals surface area contributed by atoms with Crippen LogP contribution in [-0.4, -0.2) is 38.9 Å². The Morgan fingerprint density at radius 2 is 1.50 bits per heavy atom. The van der Waals surface area contributed by atoms with Crippen molar-refractivity contribution in [2.45, 2.75) is 12.6 Å². The molecule has 0 radical (unpaired) electrons. The van der Waals surface area contributed by atoms with E-state index in [-0.39, 0.29) is 0 Å². The first-order chi connectivity index (χ1) is 5.30. The van der Waals surface area contributed by atoms with Crippen LogP contribution < -0.4 is 5.32 Å². The van der Waals surface area contributed by atoms with Gasteiger partial charge in [0.15, 0.2) is 0 Å². The number of carboxylic acid groups (broad SMARTS) is 2. The third kappa shape index (κ3) is 1.92. The second kappa shape index (κ2) is 3.18. The van der Waals surface area contributed by atoms with Crippen LogP contribution in [-0.2, 0) is 14.4 Å². The molecule has 4 N–H and O–H groups in total. The summed E-state index contributed by atoms with van der Waals surface area (Å²) in [6.07, 6.45) is 0. The molecule has 0 aliphatic heterocycles. The van der Waals surface area contributed by atoms with Crippen molar-refractivity contribution in [3.8, 4) is 0 Å². The Bertz CT molecular complexity index is 220. The van der Waals surface area contributed by atoms with E-state index in [0.717, 1.165) is 6.92 Å². The van der Waals surface area contributed by atoms with E-state index in [2.05, 4.69) is 0 Å². The Kier molecular flexibility index (Phi) is 2.75. The molecule has 0 aromatic heterocycles. The maximum absolute atomic E-state index is 10.3. The zero-order valence-corrected chi connectivity index (χ0v) is 6.07. The van der Waals surface area contributed by atoms with Crippen LogP contribution in [0.1, 0.15) is 6.92 Å². The van der Waals surface area contributed by atoms with Crippen molar-refractivity contribution in [1.29, 1.82) is 0 Å². The average molecular weight is 177 g/mol. The summed E-state index contributed by atoms with van der Waals surface area (Å²) in [4.78, 5) is 30.6. The molecule has 0 unspecified atom stereocenters. The van der Waals surface area contributed by atoms with Gasteiger partial charge in [0.2, 0.25) is 5.91 Å². The van der Waals surface area contributed by atoms with Gasteiger partial charge in [-0.15, -0.1) is 0 Å². The van der Waals surface area contributed by atoms with Crippen LogP contribution in [0.2, 0.25) is 0 Å². The van der Waals surface area contributed by atoms with Gasteiger partial charge in [-0.05, 0) is 0 Å².